The molecule has 6 nitrogen and oxygen atoms in total. The summed E-state index contributed by atoms with van der Waals surface area (Å²) in [6.07, 6.45) is -2.18. The largest absolute Gasteiger partial charge is 0.416 e. The number of Topliss-reactive ketones (excluding diaryl/α,β-unsaturated/α-hetero) is 1. The number of benzene rings is 1. The van der Waals surface area contributed by atoms with Crippen molar-refractivity contribution in [1.29, 1.82) is 0 Å². The molecule has 3 rings (SSSR count). The van der Waals surface area contributed by atoms with Crippen molar-refractivity contribution in [3.05, 3.63) is 75.6 Å². The predicted molar refractivity (Wildman–Crippen MR) is 119 cm³/mol. The Morgan fingerprint density at radius 3 is 2.58 bits per heavy atom. The van der Waals surface area contributed by atoms with Gasteiger partial charge in [0.1, 0.15) is 0 Å². The maximum Gasteiger partial charge on any atom is 0.416 e. The first-order chi connectivity index (χ1) is 15.5. The molecule has 10 heteroatoms. The Hall–Kier alpha value is -3.71. The van der Waals surface area contributed by atoms with E-state index in [1.165, 1.54) is 22.4 Å². The molecule has 0 radical (unpaired) electrons. The maximum absolute atomic E-state index is 12.9. The molecule has 2 heterocycles. The summed E-state index contributed by atoms with van der Waals surface area (Å²) >= 11 is 1.21. The highest BCUT2D eigenvalue weighted by atomic mass is 32.1. The van der Waals surface area contributed by atoms with E-state index < -0.39 is 11.7 Å². The standard InChI is InChI=1S/C23H19F3N4O2S/c1-14-4-5-16(20(31)12-18-11-17(8-9-27-18)23(24,25)26)10-15(14)6-7-19-13-28-21(33-19)29-22(32)30(2)3/h4-5,8-11,13H,12H2,1-3H3,(H,28,29,32). The summed E-state index contributed by atoms with van der Waals surface area (Å²) in [5.41, 5.74) is 0.959. The van der Waals surface area contributed by atoms with Gasteiger partial charge in [-0.25, -0.2) is 9.78 Å². The summed E-state index contributed by atoms with van der Waals surface area (Å²) in [4.78, 5) is 34.3. The molecule has 2 amide bonds. The second-order valence-corrected chi connectivity index (χ2v) is 8.30. The quantitative estimate of drug-likeness (QED) is 0.438. The summed E-state index contributed by atoms with van der Waals surface area (Å²) in [6.45, 7) is 1.84. The van der Waals surface area contributed by atoms with Gasteiger partial charge >= 0.3 is 12.2 Å². The van der Waals surface area contributed by atoms with Crippen LogP contribution in [0.15, 0.2) is 42.7 Å². The average molecular weight is 472 g/mol. The number of amides is 2. The van der Waals surface area contributed by atoms with Gasteiger partial charge < -0.3 is 4.90 Å². The molecule has 33 heavy (non-hydrogen) atoms. The van der Waals surface area contributed by atoms with E-state index in [4.69, 9.17) is 0 Å². The van der Waals surface area contributed by atoms with Crippen molar-refractivity contribution >= 4 is 28.3 Å². The Morgan fingerprint density at radius 1 is 1.12 bits per heavy atom. The van der Waals surface area contributed by atoms with Crippen molar-refractivity contribution in [2.24, 2.45) is 0 Å². The van der Waals surface area contributed by atoms with Crippen molar-refractivity contribution in [1.82, 2.24) is 14.9 Å². The molecule has 0 saturated heterocycles. The number of thiazole rings is 1. The first-order valence-electron chi connectivity index (χ1n) is 9.65. The SMILES string of the molecule is Cc1ccc(C(=O)Cc2cc(C(F)(F)F)ccn2)cc1C#Cc1cnc(NC(=O)N(C)C)s1. The summed E-state index contributed by atoms with van der Waals surface area (Å²) < 4.78 is 38.7. The fourth-order valence-electron chi connectivity index (χ4n) is 2.67. The Kier molecular flexibility index (Phi) is 7.13. The first kappa shape index (κ1) is 23.9. The smallest absolute Gasteiger partial charge is 0.331 e. The molecule has 0 aliphatic carbocycles. The second kappa shape index (κ2) is 9.83. The highest BCUT2D eigenvalue weighted by Crippen LogP contribution is 2.29. The van der Waals surface area contributed by atoms with E-state index in [2.05, 4.69) is 27.1 Å². The average Bonchev–Trinajstić information content (AvgIpc) is 3.19. The van der Waals surface area contributed by atoms with Crippen LogP contribution >= 0.6 is 11.3 Å². The highest BCUT2D eigenvalue weighted by Gasteiger charge is 2.30. The van der Waals surface area contributed by atoms with Crippen LogP contribution in [0.5, 0.6) is 0 Å². The van der Waals surface area contributed by atoms with Crippen LogP contribution < -0.4 is 5.32 Å². The van der Waals surface area contributed by atoms with Crippen molar-refractivity contribution in [2.75, 3.05) is 19.4 Å². The fourth-order valence-corrected chi connectivity index (χ4v) is 3.33. The molecule has 3 aromatic rings. The zero-order valence-electron chi connectivity index (χ0n) is 17.9. The minimum atomic E-state index is -4.50. The number of aryl methyl sites for hydroxylation is 1. The lowest BCUT2D eigenvalue weighted by atomic mass is 10.00. The van der Waals surface area contributed by atoms with Gasteiger partial charge in [0.2, 0.25) is 0 Å². The molecule has 0 spiro atoms. The fraction of sp³-hybridized carbons (Fsp3) is 0.217. The normalized spacial score (nSPS) is 10.8. The number of hydrogen-bond acceptors (Lipinski definition) is 5. The molecule has 2 aromatic heterocycles. The summed E-state index contributed by atoms with van der Waals surface area (Å²) in [7, 11) is 3.23. The monoisotopic (exact) mass is 472 g/mol. The van der Waals surface area contributed by atoms with Gasteiger partial charge in [-0.05, 0) is 36.6 Å². The van der Waals surface area contributed by atoms with Gasteiger partial charge in [0, 0.05) is 37.1 Å². The molecule has 0 aliphatic heterocycles. The number of hydrogen-bond donors (Lipinski definition) is 1. The summed E-state index contributed by atoms with van der Waals surface area (Å²) in [6, 6.07) is 6.38. The number of alkyl halides is 3. The maximum atomic E-state index is 12.9. The van der Waals surface area contributed by atoms with Crippen LogP contribution in [0.3, 0.4) is 0 Å². The number of halogens is 3. The van der Waals surface area contributed by atoms with E-state index in [0.717, 1.165) is 23.9 Å². The molecule has 170 valence electrons. The van der Waals surface area contributed by atoms with Gasteiger partial charge in [-0.15, -0.1) is 0 Å². The third-order valence-electron chi connectivity index (χ3n) is 4.49. The molecule has 0 bridgehead atoms. The number of carbonyl (C=O) groups excluding carboxylic acids is 2. The van der Waals surface area contributed by atoms with E-state index in [1.54, 1.807) is 32.3 Å². The third kappa shape index (κ3) is 6.40. The van der Waals surface area contributed by atoms with Crippen LogP contribution in [0.1, 0.15) is 37.6 Å². The molecule has 0 unspecified atom stereocenters. The van der Waals surface area contributed by atoms with Gasteiger partial charge in [-0.1, -0.05) is 29.4 Å². The molecule has 0 fully saturated rings. The van der Waals surface area contributed by atoms with E-state index in [9.17, 15) is 22.8 Å². The third-order valence-corrected chi connectivity index (χ3v) is 5.32. The summed E-state index contributed by atoms with van der Waals surface area (Å²) in [5, 5.41) is 3.05. The number of nitrogens with one attached hydrogen (secondary N) is 1. The van der Waals surface area contributed by atoms with Gasteiger partial charge in [0.25, 0.3) is 0 Å². The molecule has 1 N–H and O–H groups in total. The minimum absolute atomic E-state index is 0.0417. The highest BCUT2D eigenvalue weighted by molar-refractivity contribution is 7.16. The van der Waals surface area contributed by atoms with E-state index >= 15 is 0 Å². The van der Waals surface area contributed by atoms with Crippen LogP contribution in [0.2, 0.25) is 0 Å². The lowest BCUT2D eigenvalue weighted by Gasteiger charge is -2.08. The predicted octanol–water partition coefficient (Wildman–Crippen LogP) is 4.78. The molecule has 0 aliphatic rings. The molecular formula is C23H19F3N4O2S. The second-order valence-electron chi connectivity index (χ2n) is 7.27. The number of pyridine rings is 1. The van der Waals surface area contributed by atoms with E-state index in [-0.39, 0.29) is 23.9 Å². The van der Waals surface area contributed by atoms with Gasteiger partial charge in [0.05, 0.1) is 23.1 Å². The summed E-state index contributed by atoms with van der Waals surface area (Å²) in [5.74, 6) is 5.58. The van der Waals surface area contributed by atoms with Crippen LogP contribution in [-0.2, 0) is 12.6 Å². The molecule has 0 atom stereocenters. The van der Waals surface area contributed by atoms with E-state index in [0.29, 0.717) is 21.1 Å². The van der Waals surface area contributed by atoms with Crippen LogP contribution in [0, 0.1) is 18.8 Å². The molecule has 0 saturated carbocycles. The molecule has 1 aromatic carbocycles. The van der Waals surface area contributed by atoms with Gasteiger partial charge in [-0.3, -0.25) is 15.1 Å². The van der Waals surface area contributed by atoms with Crippen LogP contribution in [0.25, 0.3) is 0 Å². The number of ketones is 1. The zero-order valence-corrected chi connectivity index (χ0v) is 18.8. The number of carbonyl (C=O) groups is 2. The Morgan fingerprint density at radius 2 is 1.88 bits per heavy atom. The van der Waals surface area contributed by atoms with E-state index in [1.807, 2.05) is 6.92 Å². The Labute approximate surface area is 192 Å². The minimum Gasteiger partial charge on any atom is -0.331 e. The Bertz CT molecular complexity index is 1260. The molecular weight excluding hydrogens is 453 g/mol. The Balaban J connectivity index is 1.76. The van der Waals surface area contributed by atoms with Crippen molar-refractivity contribution in [3.8, 4) is 11.8 Å². The van der Waals surface area contributed by atoms with Gasteiger partial charge in [-0.2, -0.15) is 13.2 Å². The lowest BCUT2D eigenvalue weighted by molar-refractivity contribution is -0.137. The topological polar surface area (TPSA) is 75.2 Å². The van der Waals surface area contributed by atoms with Crippen LogP contribution in [0.4, 0.5) is 23.1 Å². The van der Waals surface area contributed by atoms with Crippen LogP contribution in [-0.4, -0.2) is 40.8 Å². The van der Waals surface area contributed by atoms with Crippen molar-refractivity contribution in [2.45, 2.75) is 19.5 Å². The van der Waals surface area contributed by atoms with Crippen molar-refractivity contribution < 1.29 is 22.8 Å². The number of nitrogens with zero attached hydrogens (tertiary/aromatic N) is 3. The van der Waals surface area contributed by atoms with Crippen molar-refractivity contribution in [3.63, 3.8) is 0 Å². The first-order valence-corrected chi connectivity index (χ1v) is 10.5. The van der Waals surface area contributed by atoms with Gasteiger partial charge in [0.15, 0.2) is 10.9 Å². The number of aromatic nitrogens is 2. The number of rotatable bonds is 4. The number of anilines is 1. The number of urea groups is 1. The lowest BCUT2D eigenvalue weighted by Crippen LogP contribution is -2.27. The zero-order chi connectivity index (χ0) is 24.2.